The Morgan fingerprint density at radius 2 is 2.00 bits per heavy atom. The number of halogens is 3. The topological polar surface area (TPSA) is 35.2 Å². The normalized spacial score (nSPS) is 11.2. The van der Waals surface area contributed by atoms with Crippen molar-refractivity contribution < 1.29 is 17.9 Å². The molecular weight excluding hydrogens is 147 g/mol. The van der Waals surface area contributed by atoms with Crippen LogP contribution >= 0.6 is 0 Å². The molecule has 5 heteroatoms. The zero-order chi connectivity index (χ0) is 8.20. The molecule has 0 rings (SSSR count). The maximum atomic E-state index is 11.3. The molecule has 0 aromatic rings. The Balaban J connectivity index is 3.58. The van der Waals surface area contributed by atoms with Crippen LogP contribution in [0.2, 0.25) is 0 Å². The lowest BCUT2D eigenvalue weighted by Gasteiger charge is -2.09. The minimum atomic E-state index is -4.63. The van der Waals surface area contributed by atoms with Crippen LogP contribution in [0.25, 0.3) is 0 Å². The number of nitrogens with two attached hydrogens (primary N) is 1. The summed E-state index contributed by atoms with van der Waals surface area (Å²) in [6.07, 6.45) is -4.61. The number of rotatable bonds is 3. The van der Waals surface area contributed by atoms with Crippen molar-refractivity contribution in [3.8, 4) is 0 Å². The molecule has 0 saturated carbocycles. The van der Waals surface area contributed by atoms with Crippen LogP contribution < -0.4 is 5.73 Å². The van der Waals surface area contributed by atoms with Crippen LogP contribution in [-0.2, 0) is 4.74 Å². The highest BCUT2D eigenvalue weighted by Gasteiger charge is 2.31. The van der Waals surface area contributed by atoms with Crippen molar-refractivity contribution in [1.82, 2.24) is 0 Å². The first kappa shape index (κ1) is 9.29. The van der Waals surface area contributed by atoms with Crippen molar-refractivity contribution >= 4 is 0 Å². The Labute approximate surface area is 56.5 Å². The molecule has 0 aromatic carbocycles. The average Bonchev–Trinajstić information content (AvgIpc) is 1.59. The summed E-state index contributed by atoms with van der Waals surface area (Å²) in [4.78, 5) is 0. The van der Waals surface area contributed by atoms with E-state index in [1.807, 2.05) is 0 Å². The van der Waals surface area contributed by atoms with Gasteiger partial charge in [0, 0.05) is 6.42 Å². The van der Waals surface area contributed by atoms with E-state index in [0.29, 0.717) is 0 Å². The number of hydrogen-bond acceptors (Lipinski definition) is 2. The molecule has 2 N–H and O–H groups in total. The maximum Gasteiger partial charge on any atom is 0.572 e. The number of ether oxygens (including phenoxy) is 1. The summed E-state index contributed by atoms with van der Waals surface area (Å²) >= 11 is 0. The molecule has 0 aliphatic heterocycles. The molecule has 0 amide bonds. The first-order valence-electron chi connectivity index (χ1n) is 2.59. The van der Waals surface area contributed by atoms with Gasteiger partial charge in [-0.3, -0.25) is 0 Å². The molecule has 0 aromatic heterocycles. The summed E-state index contributed by atoms with van der Waals surface area (Å²) in [7, 11) is 0. The van der Waals surface area contributed by atoms with Crippen LogP contribution in [0.3, 0.4) is 0 Å². The van der Waals surface area contributed by atoms with Gasteiger partial charge in [-0.05, 0) is 6.54 Å². The quantitative estimate of drug-likeness (QED) is 0.625. The monoisotopic (exact) mass is 155 g/mol. The summed E-state index contributed by atoms with van der Waals surface area (Å²) in [6, 6.07) is 0. The second-order valence-electron chi connectivity index (χ2n) is 1.63. The lowest BCUT2D eigenvalue weighted by atomic mass is 10.4. The van der Waals surface area contributed by atoms with E-state index in [0.717, 1.165) is 0 Å². The smallest absolute Gasteiger partial charge is 0.411 e. The Morgan fingerprint density at radius 1 is 1.50 bits per heavy atom. The van der Waals surface area contributed by atoms with E-state index >= 15 is 0 Å². The van der Waals surface area contributed by atoms with E-state index in [1.54, 1.807) is 0 Å². The van der Waals surface area contributed by atoms with Crippen LogP contribution in [0.1, 0.15) is 6.42 Å². The van der Waals surface area contributed by atoms with Crippen LogP contribution in [0.5, 0.6) is 0 Å². The molecule has 0 aliphatic rings. The largest absolute Gasteiger partial charge is 0.572 e. The van der Waals surface area contributed by atoms with Gasteiger partial charge in [0.25, 0.3) is 0 Å². The fraction of sp³-hybridized carbons (Fsp3) is 0.600. The molecule has 0 fully saturated rings. The van der Waals surface area contributed by atoms with E-state index in [1.165, 1.54) is 0 Å². The van der Waals surface area contributed by atoms with Gasteiger partial charge in [0.05, 0.1) is 0 Å². The molecule has 0 bridgehead atoms. The molecule has 0 atom stereocenters. The highest BCUT2D eigenvalue weighted by molar-refractivity contribution is 4.82. The van der Waals surface area contributed by atoms with Crippen molar-refractivity contribution in [3.05, 3.63) is 12.3 Å². The molecule has 0 heterocycles. The fourth-order valence-electron chi connectivity index (χ4n) is 0.376. The van der Waals surface area contributed by atoms with Crippen molar-refractivity contribution in [2.45, 2.75) is 12.8 Å². The van der Waals surface area contributed by atoms with Gasteiger partial charge >= 0.3 is 6.36 Å². The standard InChI is InChI=1S/C5H8F3NO/c1-4(2-3-9)10-5(6,7)8/h1-3,9H2. The van der Waals surface area contributed by atoms with E-state index < -0.39 is 6.36 Å². The van der Waals surface area contributed by atoms with Gasteiger partial charge in [-0.2, -0.15) is 0 Å². The third-order valence-corrected chi connectivity index (χ3v) is 0.683. The van der Waals surface area contributed by atoms with E-state index in [4.69, 9.17) is 5.73 Å². The predicted octanol–water partition coefficient (Wildman–Crippen LogP) is 1.39. The Morgan fingerprint density at radius 3 is 2.30 bits per heavy atom. The molecule has 0 unspecified atom stereocenters. The molecule has 10 heavy (non-hydrogen) atoms. The third-order valence-electron chi connectivity index (χ3n) is 0.683. The predicted molar refractivity (Wildman–Crippen MR) is 30.0 cm³/mol. The van der Waals surface area contributed by atoms with E-state index in [-0.39, 0.29) is 18.7 Å². The fourth-order valence-corrected chi connectivity index (χ4v) is 0.376. The molecule has 0 spiro atoms. The second-order valence-corrected chi connectivity index (χ2v) is 1.63. The minimum Gasteiger partial charge on any atom is -0.411 e. The Kier molecular flexibility index (Phi) is 3.21. The van der Waals surface area contributed by atoms with Crippen LogP contribution in [0.15, 0.2) is 12.3 Å². The highest BCUT2D eigenvalue weighted by Crippen LogP contribution is 2.20. The van der Waals surface area contributed by atoms with Gasteiger partial charge in [0.1, 0.15) is 5.76 Å². The van der Waals surface area contributed by atoms with Crippen LogP contribution in [-0.4, -0.2) is 12.9 Å². The molecule has 0 saturated heterocycles. The van der Waals surface area contributed by atoms with Crippen LogP contribution in [0.4, 0.5) is 13.2 Å². The summed E-state index contributed by atoms with van der Waals surface area (Å²) < 4.78 is 37.3. The van der Waals surface area contributed by atoms with Gasteiger partial charge in [-0.15, -0.1) is 13.2 Å². The molecule has 0 radical (unpaired) electrons. The molecule has 60 valence electrons. The highest BCUT2D eigenvalue weighted by atomic mass is 19.4. The van der Waals surface area contributed by atoms with Crippen molar-refractivity contribution in [3.63, 3.8) is 0 Å². The van der Waals surface area contributed by atoms with E-state index in [2.05, 4.69) is 11.3 Å². The maximum absolute atomic E-state index is 11.3. The van der Waals surface area contributed by atoms with Crippen molar-refractivity contribution in [2.24, 2.45) is 5.73 Å². The SMILES string of the molecule is C=C(CCN)OC(F)(F)F. The first-order chi connectivity index (χ1) is 4.45. The number of alkyl halides is 3. The van der Waals surface area contributed by atoms with Gasteiger partial charge in [0.2, 0.25) is 0 Å². The van der Waals surface area contributed by atoms with Crippen LogP contribution in [0, 0.1) is 0 Å². The van der Waals surface area contributed by atoms with Gasteiger partial charge in [-0.1, -0.05) is 6.58 Å². The second kappa shape index (κ2) is 3.46. The first-order valence-corrected chi connectivity index (χ1v) is 2.59. The van der Waals surface area contributed by atoms with E-state index in [9.17, 15) is 13.2 Å². The summed E-state index contributed by atoms with van der Waals surface area (Å²) in [5.74, 6) is -0.352. The third kappa shape index (κ3) is 5.43. The zero-order valence-electron chi connectivity index (χ0n) is 5.24. The number of hydrogen-bond donors (Lipinski definition) is 1. The lowest BCUT2D eigenvalue weighted by molar-refractivity contribution is -0.306. The van der Waals surface area contributed by atoms with Gasteiger partial charge < -0.3 is 10.5 Å². The average molecular weight is 155 g/mol. The van der Waals surface area contributed by atoms with Gasteiger partial charge in [-0.25, -0.2) is 0 Å². The summed E-state index contributed by atoms with van der Waals surface area (Å²) in [5.41, 5.74) is 4.94. The Hall–Kier alpha value is -0.710. The lowest BCUT2D eigenvalue weighted by Crippen LogP contribution is -2.14. The summed E-state index contributed by atoms with van der Waals surface area (Å²) in [5, 5.41) is 0. The molecule has 0 aliphatic carbocycles. The minimum absolute atomic E-state index is 0.0273. The molecular formula is C5H8F3NO. The Bertz CT molecular complexity index is 121. The van der Waals surface area contributed by atoms with Crippen molar-refractivity contribution in [2.75, 3.05) is 6.54 Å². The van der Waals surface area contributed by atoms with Gasteiger partial charge in [0.15, 0.2) is 0 Å². The van der Waals surface area contributed by atoms with Crippen molar-refractivity contribution in [1.29, 1.82) is 0 Å². The zero-order valence-corrected chi connectivity index (χ0v) is 5.24. The summed E-state index contributed by atoms with van der Waals surface area (Å²) in [6.45, 7) is 3.11. The molecule has 2 nitrogen and oxygen atoms in total.